The molecule has 0 unspecified atom stereocenters. The van der Waals surface area contributed by atoms with E-state index < -0.39 is 6.29 Å². The number of benzene rings is 4. The standard InChI is InChI=1S/C32H27FN2O4/c1-20(36)22-13-14-27-28(18-22)35(15-16-37-2)30(34-27)19-24-12-11-23(17-26(24)33)25-9-6-10-29-31(25)39-32(38-29)21-7-4-3-5-8-21/h3-14,17-18,32H,15-16,19H2,1-2H3/t32-/m1/s1. The van der Waals surface area contributed by atoms with Crippen molar-refractivity contribution in [3.8, 4) is 22.6 Å². The number of carbonyl (C=O) groups excluding carboxylic acids is 1. The molecule has 0 N–H and O–H groups in total. The number of rotatable bonds is 8. The molecule has 1 atom stereocenters. The Morgan fingerprint density at radius 2 is 1.85 bits per heavy atom. The average Bonchev–Trinajstić information content (AvgIpc) is 3.54. The van der Waals surface area contributed by atoms with Crippen LogP contribution >= 0.6 is 0 Å². The van der Waals surface area contributed by atoms with Crippen molar-refractivity contribution in [3.63, 3.8) is 0 Å². The highest BCUT2D eigenvalue weighted by atomic mass is 19.1. The molecule has 1 aliphatic rings. The number of carbonyl (C=O) groups is 1. The molecule has 0 aliphatic carbocycles. The van der Waals surface area contributed by atoms with E-state index in [-0.39, 0.29) is 11.6 Å². The molecule has 5 aromatic rings. The second-order valence-electron chi connectivity index (χ2n) is 9.53. The lowest BCUT2D eigenvalue weighted by atomic mass is 10.0. The van der Waals surface area contributed by atoms with E-state index in [0.29, 0.717) is 53.6 Å². The third kappa shape index (κ3) is 4.77. The molecule has 196 valence electrons. The number of Topliss-reactive ketones (excluding diaryl/α,β-unsaturated/α-hetero) is 1. The van der Waals surface area contributed by atoms with Crippen LogP contribution in [-0.4, -0.2) is 29.1 Å². The molecule has 4 aromatic carbocycles. The maximum atomic E-state index is 15.5. The Hall–Kier alpha value is -4.49. The van der Waals surface area contributed by atoms with Crippen molar-refractivity contribution in [1.29, 1.82) is 0 Å². The van der Waals surface area contributed by atoms with Gasteiger partial charge in [-0.05, 0) is 48.4 Å². The summed E-state index contributed by atoms with van der Waals surface area (Å²) < 4.78 is 35.0. The molecule has 0 spiro atoms. The van der Waals surface area contributed by atoms with Gasteiger partial charge >= 0.3 is 0 Å². The third-order valence-electron chi connectivity index (χ3n) is 6.98. The summed E-state index contributed by atoms with van der Waals surface area (Å²) in [7, 11) is 1.63. The molecule has 0 amide bonds. The lowest BCUT2D eigenvalue weighted by molar-refractivity contribution is 0.0490. The van der Waals surface area contributed by atoms with Gasteiger partial charge in [-0.25, -0.2) is 9.37 Å². The minimum Gasteiger partial charge on any atom is -0.447 e. The SMILES string of the molecule is COCCn1c(Cc2ccc(-c3cccc4c3O[C@H](c3ccccc3)O4)cc2F)nc2ccc(C(C)=O)cc21. The second-order valence-corrected chi connectivity index (χ2v) is 9.53. The highest BCUT2D eigenvalue weighted by molar-refractivity contribution is 5.97. The van der Waals surface area contributed by atoms with Crippen LogP contribution in [0.2, 0.25) is 0 Å². The molecule has 2 heterocycles. The van der Waals surface area contributed by atoms with E-state index in [1.165, 1.54) is 13.0 Å². The summed E-state index contributed by atoms with van der Waals surface area (Å²) >= 11 is 0. The first-order valence-electron chi connectivity index (χ1n) is 12.8. The molecular formula is C32H27FN2O4. The van der Waals surface area contributed by atoms with Crippen molar-refractivity contribution in [2.45, 2.75) is 26.2 Å². The first kappa shape index (κ1) is 24.8. The van der Waals surface area contributed by atoms with Crippen LogP contribution in [0, 0.1) is 5.82 Å². The zero-order valence-electron chi connectivity index (χ0n) is 21.7. The van der Waals surface area contributed by atoms with Gasteiger partial charge in [-0.15, -0.1) is 0 Å². The Labute approximate surface area is 225 Å². The zero-order chi connectivity index (χ0) is 26.9. The molecule has 7 heteroatoms. The molecule has 0 saturated heterocycles. The van der Waals surface area contributed by atoms with Crippen molar-refractivity contribution in [2.75, 3.05) is 13.7 Å². The van der Waals surface area contributed by atoms with Crippen LogP contribution in [0.1, 0.15) is 40.5 Å². The van der Waals surface area contributed by atoms with E-state index in [2.05, 4.69) is 0 Å². The summed E-state index contributed by atoms with van der Waals surface area (Å²) in [6, 6.07) is 26.0. The molecule has 0 radical (unpaired) electrons. The summed E-state index contributed by atoms with van der Waals surface area (Å²) in [5.74, 6) is 1.58. The molecule has 1 aromatic heterocycles. The van der Waals surface area contributed by atoms with Gasteiger partial charge in [0, 0.05) is 36.8 Å². The Morgan fingerprint density at radius 3 is 2.62 bits per heavy atom. The van der Waals surface area contributed by atoms with Gasteiger partial charge in [0.15, 0.2) is 17.3 Å². The van der Waals surface area contributed by atoms with Gasteiger partial charge in [0.2, 0.25) is 0 Å². The smallest absolute Gasteiger partial charge is 0.268 e. The lowest BCUT2D eigenvalue weighted by Crippen LogP contribution is -2.10. The molecular weight excluding hydrogens is 495 g/mol. The fourth-order valence-electron chi connectivity index (χ4n) is 4.94. The van der Waals surface area contributed by atoms with Crippen molar-refractivity contribution in [2.24, 2.45) is 0 Å². The predicted molar refractivity (Wildman–Crippen MR) is 147 cm³/mol. The van der Waals surface area contributed by atoms with Gasteiger partial charge in [0.05, 0.1) is 17.6 Å². The van der Waals surface area contributed by atoms with Gasteiger partial charge in [-0.2, -0.15) is 0 Å². The zero-order valence-corrected chi connectivity index (χ0v) is 21.7. The molecule has 0 fully saturated rings. The van der Waals surface area contributed by atoms with Crippen LogP contribution in [0.4, 0.5) is 4.39 Å². The number of fused-ring (bicyclic) bond motifs is 2. The molecule has 6 rings (SSSR count). The number of aromatic nitrogens is 2. The normalized spacial score (nSPS) is 14.2. The molecule has 39 heavy (non-hydrogen) atoms. The maximum absolute atomic E-state index is 15.5. The number of hydrogen-bond acceptors (Lipinski definition) is 5. The minimum absolute atomic E-state index is 0.0172. The first-order chi connectivity index (χ1) is 19.0. The fourth-order valence-corrected chi connectivity index (χ4v) is 4.94. The quantitative estimate of drug-likeness (QED) is 0.211. The van der Waals surface area contributed by atoms with Gasteiger partial charge in [-0.1, -0.05) is 54.6 Å². The number of hydrogen-bond donors (Lipinski definition) is 0. The van der Waals surface area contributed by atoms with Gasteiger partial charge in [0.25, 0.3) is 6.29 Å². The van der Waals surface area contributed by atoms with Crippen molar-refractivity contribution >= 4 is 16.8 Å². The molecule has 0 bridgehead atoms. The Morgan fingerprint density at radius 1 is 1.00 bits per heavy atom. The average molecular weight is 523 g/mol. The maximum Gasteiger partial charge on any atom is 0.268 e. The van der Waals surface area contributed by atoms with Gasteiger partial charge in [0.1, 0.15) is 11.6 Å². The monoisotopic (exact) mass is 522 g/mol. The number of ether oxygens (including phenoxy) is 3. The Balaban J connectivity index is 1.31. The van der Waals surface area contributed by atoms with E-state index in [9.17, 15) is 4.79 Å². The summed E-state index contributed by atoms with van der Waals surface area (Å²) in [5, 5.41) is 0. The van der Waals surface area contributed by atoms with Crippen LogP contribution in [0.5, 0.6) is 11.5 Å². The number of imidazole rings is 1. The van der Waals surface area contributed by atoms with Crippen molar-refractivity contribution in [1.82, 2.24) is 9.55 Å². The van der Waals surface area contributed by atoms with Gasteiger partial charge < -0.3 is 18.8 Å². The lowest BCUT2D eigenvalue weighted by Gasteiger charge is -2.12. The van der Waals surface area contributed by atoms with Crippen LogP contribution < -0.4 is 9.47 Å². The number of methoxy groups -OCH3 is 1. The Kier molecular flexibility index (Phi) is 6.59. The third-order valence-corrected chi connectivity index (χ3v) is 6.98. The van der Waals surface area contributed by atoms with E-state index in [4.69, 9.17) is 19.2 Å². The van der Waals surface area contributed by atoms with Crippen LogP contribution in [0.25, 0.3) is 22.2 Å². The van der Waals surface area contributed by atoms with Crippen LogP contribution in [-0.2, 0) is 17.7 Å². The summed E-state index contributed by atoms with van der Waals surface area (Å²) in [6.45, 7) is 2.55. The number of nitrogens with zero attached hydrogens (tertiary/aromatic N) is 2. The number of para-hydroxylation sites is 1. The first-order valence-corrected chi connectivity index (χ1v) is 12.8. The summed E-state index contributed by atoms with van der Waals surface area (Å²) in [5.41, 5.74) is 5.09. The van der Waals surface area contributed by atoms with Crippen LogP contribution in [0.3, 0.4) is 0 Å². The van der Waals surface area contributed by atoms with Gasteiger partial charge in [-0.3, -0.25) is 4.79 Å². The molecule has 6 nitrogen and oxygen atoms in total. The number of halogens is 1. The fraction of sp³-hybridized carbons (Fsp3) is 0.188. The second kappa shape index (κ2) is 10.3. The minimum atomic E-state index is -0.546. The molecule has 0 saturated carbocycles. The highest BCUT2D eigenvalue weighted by Gasteiger charge is 2.28. The predicted octanol–water partition coefficient (Wildman–Crippen LogP) is 6.75. The molecule has 1 aliphatic heterocycles. The topological polar surface area (TPSA) is 62.6 Å². The summed E-state index contributed by atoms with van der Waals surface area (Å²) in [4.78, 5) is 16.7. The highest BCUT2D eigenvalue weighted by Crippen LogP contribution is 2.46. The number of ketones is 1. The van der Waals surface area contributed by atoms with Crippen molar-refractivity contribution in [3.05, 3.63) is 113 Å². The van der Waals surface area contributed by atoms with Crippen LogP contribution in [0.15, 0.2) is 84.9 Å². The van der Waals surface area contributed by atoms with E-state index in [1.54, 1.807) is 19.2 Å². The van der Waals surface area contributed by atoms with E-state index in [0.717, 1.165) is 22.2 Å². The van der Waals surface area contributed by atoms with E-state index >= 15 is 4.39 Å². The largest absolute Gasteiger partial charge is 0.447 e. The van der Waals surface area contributed by atoms with Crippen molar-refractivity contribution < 1.29 is 23.4 Å². The summed E-state index contributed by atoms with van der Waals surface area (Å²) in [6.07, 6.45) is -0.252. The Bertz CT molecular complexity index is 1680. The van der Waals surface area contributed by atoms with E-state index in [1.807, 2.05) is 71.3 Å².